The van der Waals surface area contributed by atoms with Gasteiger partial charge < -0.3 is 25.4 Å². The summed E-state index contributed by atoms with van der Waals surface area (Å²) >= 11 is 0. The summed E-state index contributed by atoms with van der Waals surface area (Å²) in [6.45, 7) is 0. The first-order valence-corrected chi connectivity index (χ1v) is 8.00. The van der Waals surface area contributed by atoms with Crippen molar-refractivity contribution in [1.82, 2.24) is 0 Å². The quantitative estimate of drug-likeness (QED) is 0.235. The molecule has 3 aromatic rings. The third-order valence-corrected chi connectivity index (χ3v) is 4.30. The zero-order valence-corrected chi connectivity index (χ0v) is 14.0. The van der Waals surface area contributed by atoms with E-state index in [1.165, 1.54) is 12.1 Å². The van der Waals surface area contributed by atoms with Crippen LogP contribution >= 0.6 is 0 Å². The number of phenolic OH excluding ortho intramolecular Hbond substituents is 2. The van der Waals surface area contributed by atoms with Gasteiger partial charge in [-0.3, -0.25) is 10.1 Å². The Balaban J connectivity index is 1.79. The Morgan fingerprint density at radius 2 is 1.68 bits per heavy atom. The number of aromatic hydroxyl groups is 2. The molecule has 0 amide bonds. The topological polar surface area (TPSA) is 142 Å². The van der Waals surface area contributed by atoms with Crippen molar-refractivity contribution in [1.29, 1.82) is 0 Å². The first kappa shape index (κ1) is 17.2. The van der Waals surface area contributed by atoms with Gasteiger partial charge in [-0.2, -0.15) is 0 Å². The third kappa shape index (κ3) is 2.80. The number of nitrogens with zero attached hydrogens (tertiary/aromatic N) is 1. The lowest BCUT2D eigenvalue weighted by atomic mass is 10.0. The van der Waals surface area contributed by atoms with Gasteiger partial charge in [-0.25, -0.2) is 4.79 Å². The summed E-state index contributed by atoms with van der Waals surface area (Å²) in [4.78, 5) is 21.9. The Hall–Kier alpha value is -4.27. The highest BCUT2D eigenvalue weighted by Gasteiger charge is 2.27. The molecule has 0 bridgehead atoms. The van der Waals surface area contributed by atoms with E-state index in [-0.39, 0.29) is 28.5 Å². The number of ether oxygens (including phenoxy) is 1. The van der Waals surface area contributed by atoms with E-state index >= 15 is 0 Å². The molecule has 1 aliphatic rings. The zero-order valence-electron chi connectivity index (χ0n) is 14.0. The maximum Gasteiger partial charge on any atom is 0.338 e. The monoisotopic (exact) mass is 380 g/mol. The van der Waals surface area contributed by atoms with Crippen LogP contribution in [-0.2, 0) is 0 Å². The minimum Gasteiger partial charge on any atom is -0.504 e. The second kappa shape index (κ2) is 6.16. The number of nitro groups is 1. The van der Waals surface area contributed by atoms with E-state index in [0.717, 1.165) is 12.1 Å². The van der Waals surface area contributed by atoms with Gasteiger partial charge in [0, 0.05) is 6.07 Å². The first-order valence-electron chi connectivity index (χ1n) is 8.00. The van der Waals surface area contributed by atoms with Crippen LogP contribution in [0, 0.1) is 10.1 Å². The largest absolute Gasteiger partial charge is 0.504 e. The number of carbonyl (C=O) groups is 1. The maximum atomic E-state index is 11.5. The van der Waals surface area contributed by atoms with E-state index in [2.05, 4.69) is 5.32 Å². The van der Waals surface area contributed by atoms with Gasteiger partial charge in [-0.05, 0) is 35.4 Å². The third-order valence-electron chi connectivity index (χ3n) is 4.30. The molecule has 0 unspecified atom stereocenters. The van der Waals surface area contributed by atoms with Crippen molar-refractivity contribution in [3.8, 4) is 34.1 Å². The second-order valence-electron chi connectivity index (χ2n) is 6.07. The van der Waals surface area contributed by atoms with Crippen LogP contribution in [0.1, 0.15) is 10.4 Å². The fourth-order valence-corrected chi connectivity index (χ4v) is 2.93. The summed E-state index contributed by atoms with van der Waals surface area (Å²) in [7, 11) is 0. The number of benzene rings is 3. The fraction of sp³-hybridized carbons (Fsp3) is 0. The number of nitro benzene ring substituents is 1. The van der Waals surface area contributed by atoms with Gasteiger partial charge in [0.25, 0.3) is 5.69 Å². The molecule has 0 spiro atoms. The molecule has 0 fully saturated rings. The molecule has 0 atom stereocenters. The number of hydrogen-bond donors (Lipinski definition) is 4. The summed E-state index contributed by atoms with van der Waals surface area (Å²) in [6, 6.07) is 11.5. The molecule has 1 aliphatic heterocycles. The summed E-state index contributed by atoms with van der Waals surface area (Å²) < 4.78 is 5.73. The molecule has 28 heavy (non-hydrogen) atoms. The fourth-order valence-electron chi connectivity index (χ4n) is 2.93. The Labute approximate surface area is 157 Å². The number of non-ortho nitro benzene ring substituents is 1. The van der Waals surface area contributed by atoms with E-state index in [1.807, 2.05) is 0 Å². The highest BCUT2D eigenvalue weighted by molar-refractivity contribution is 5.99. The Morgan fingerprint density at radius 3 is 2.36 bits per heavy atom. The Bertz CT molecular complexity index is 1160. The molecule has 140 valence electrons. The number of carboxylic acid groups (broad SMARTS) is 1. The molecule has 0 radical (unpaired) electrons. The van der Waals surface area contributed by atoms with E-state index in [1.54, 1.807) is 24.3 Å². The summed E-state index contributed by atoms with van der Waals surface area (Å²) in [5.74, 6) is -1.50. The molecular formula is C19H12N2O7. The number of phenols is 2. The molecule has 9 heteroatoms. The number of hydrogen-bond acceptors (Lipinski definition) is 7. The van der Waals surface area contributed by atoms with Gasteiger partial charge in [0.05, 0.1) is 27.9 Å². The van der Waals surface area contributed by atoms with Crippen LogP contribution in [0.2, 0.25) is 0 Å². The number of aromatic carboxylic acids is 1. The lowest BCUT2D eigenvalue weighted by molar-refractivity contribution is -0.384. The van der Waals surface area contributed by atoms with Gasteiger partial charge in [-0.1, -0.05) is 12.1 Å². The minimum absolute atomic E-state index is 0.0183. The molecule has 3 aromatic carbocycles. The van der Waals surface area contributed by atoms with Crippen LogP contribution in [0.3, 0.4) is 0 Å². The Kier molecular flexibility index (Phi) is 3.78. The average molecular weight is 380 g/mol. The molecule has 0 saturated heterocycles. The zero-order chi connectivity index (χ0) is 20.0. The van der Waals surface area contributed by atoms with Gasteiger partial charge >= 0.3 is 5.97 Å². The molecule has 0 aromatic heterocycles. The second-order valence-corrected chi connectivity index (χ2v) is 6.07. The van der Waals surface area contributed by atoms with Crippen LogP contribution in [0.25, 0.3) is 11.1 Å². The van der Waals surface area contributed by atoms with E-state index in [4.69, 9.17) is 4.74 Å². The van der Waals surface area contributed by atoms with Crippen molar-refractivity contribution < 1.29 is 29.8 Å². The van der Waals surface area contributed by atoms with E-state index in [9.17, 15) is 30.2 Å². The number of rotatable bonds is 3. The number of anilines is 2. The highest BCUT2D eigenvalue weighted by Crippen LogP contribution is 2.46. The van der Waals surface area contributed by atoms with Crippen LogP contribution in [-0.4, -0.2) is 26.2 Å². The molecule has 0 saturated carbocycles. The van der Waals surface area contributed by atoms with E-state index in [0.29, 0.717) is 22.6 Å². The summed E-state index contributed by atoms with van der Waals surface area (Å²) in [5, 5.41) is 42.5. The van der Waals surface area contributed by atoms with Gasteiger partial charge in [-0.15, -0.1) is 0 Å². The van der Waals surface area contributed by atoms with Gasteiger partial charge in [0.1, 0.15) is 0 Å². The molecule has 4 rings (SSSR count). The normalized spacial score (nSPS) is 11.6. The lowest BCUT2D eigenvalue weighted by Crippen LogP contribution is -2.10. The van der Waals surface area contributed by atoms with Crippen molar-refractivity contribution in [2.24, 2.45) is 0 Å². The van der Waals surface area contributed by atoms with Crippen LogP contribution in [0.5, 0.6) is 23.0 Å². The van der Waals surface area contributed by atoms with Crippen molar-refractivity contribution >= 4 is 23.0 Å². The number of nitrogens with one attached hydrogen (secondary N) is 1. The maximum absolute atomic E-state index is 11.5. The molecule has 0 aliphatic carbocycles. The Morgan fingerprint density at radius 1 is 0.964 bits per heavy atom. The SMILES string of the molecule is O=C(O)c1cc([N+](=O)[O-])cc2c1Nc1ccc(-c3ccc(O)c(O)c3)cc1O2. The molecule has 1 heterocycles. The van der Waals surface area contributed by atoms with Crippen molar-refractivity contribution in [2.45, 2.75) is 0 Å². The summed E-state index contributed by atoms with van der Waals surface area (Å²) in [5.41, 5.74) is 1.19. The smallest absolute Gasteiger partial charge is 0.338 e. The van der Waals surface area contributed by atoms with Gasteiger partial charge in [0.15, 0.2) is 23.0 Å². The predicted molar refractivity (Wildman–Crippen MR) is 98.6 cm³/mol. The van der Waals surface area contributed by atoms with Crippen molar-refractivity contribution in [2.75, 3.05) is 5.32 Å². The average Bonchev–Trinajstić information content (AvgIpc) is 2.67. The molecule has 9 nitrogen and oxygen atoms in total. The highest BCUT2D eigenvalue weighted by atomic mass is 16.6. The van der Waals surface area contributed by atoms with Gasteiger partial charge in [0.2, 0.25) is 0 Å². The van der Waals surface area contributed by atoms with Crippen LogP contribution < -0.4 is 10.1 Å². The standard InChI is InChI=1S/C19H12N2O7/c22-14-4-2-9(5-15(14)23)10-1-3-13-16(6-10)28-17-8-11(21(26)27)7-12(19(24)25)18(17)20-13/h1-8,20,22-23H,(H,24,25). The number of carboxylic acids is 1. The molecular weight excluding hydrogens is 368 g/mol. The first-order chi connectivity index (χ1) is 13.3. The summed E-state index contributed by atoms with van der Waals surface area (Å²) in [6.07, 6.45) is 0. The van der Waals surface area contributed by atoms with Crippen molar-refractivity contribution in [3.05, 3.63) is 64.2 Å². The van der Waals surface area contributed by atoms with Crippen LogP contribution in [0.15, 0.2) is 48.5 Å². The molecule has 4 N–H and O–H groups in total. The van der Waals surface area contributed by atoms with Crippen LogP contribution in [0.4, 0.5) is 17.1 Å². The van der Waals surface area contributed by atoms with E-state index < -0.39 is 16.6 Å². The minimum atomic E-state index is -1.32. The van der Waals surface area contributed by atoms with Crippen molar-refractivity contribution in [3.63, 3.8) is 0 Å². The number of fused-ring (bicyclic) bond motifs is 2. The lowest BCUT2D eigenvalue weighted by Gasteiger charge is -2.23. The predicted octanol–water partition coefficient (Wildman–Crippen LogP) is 4.22.